The van der Waals surface area contributed by atoms with E-state index in [1.165, 1.54) is 12.1 Å². The maximum Gasteiger partial charge on any atom is 0.123 e. The zero-order valence-electron chi connectivity index (χ0n) is 10.6. The Morgan fingerprint density at radius 1 is 1.16 bits per heavy atom. The molecule has 0 N–H and O–H groups in total. The zero-order chi connectivity index (χ0) is 13.9. The molecule has 0 aliphatic rings. The maximum atomic E-state index is 13.1. The summed E-state index contributed by atoms with van der Waals surface area (Å²) in [7, 11) is 1.91. The molecule has 0 radical (unpaired) electrons. The lowest BCUT2D eigenvalue weighted by Gasteiger charge is -2.30. The van der Waals surface area contributed by atoms with Gasteiger partial charge in [-0.1, -0.05) is 44.0 Å². The predicted molar refractivity (Wildman–Crippen MR) is 82.6 cm³/mol. The summed E-state index contributed by atoms with van der Waals surface area (Å²) in [6, 6.07) is 8.73. The van der Waals surface area contributed by atoms with Gasteiger partial charge >= 0.3 is 0 Å². The molecule has 1 aromatic heterocycles. The third kappa shape index (κ3) is 3.26. The number of hydrogen-bond acceptors (Lipinski definition) is 1. The van der Waals surface area contributed by atoms with Crippen LogP contribution in [0.2, 0.25) is 0 Å². The molecule has 0 amide bonds. The minimum atomic E-state index is -0.209. The van der Waals surface area contributed by atoms with E-state index in [1.807, 2.05) is 31.4 Å². The van der Waals surface area contributed by atoms with Crippen LogP contribution in [0.25, 0.3) is 0 Å². The first-order chi connectivity index (χ1) is 9.09. The van der Waals surface area contributed by atoms with Crippen LogP contribution >= 0.6 is 31.9 Å². The lowest BCUT2D eigenvalue weighted by Crippen LogP contribution is -2.33. The van der Waals surface area contributed by atoms with E-state index < -0.39 is 0 Å². The fraction of sp³-hybridized carbons (Fsp3) is 0.357. The third-order valence-corrected chi connectivity index (χ3v) is 5.40. The topological polar surface area (TPSA) is 17.8 Å². The average Bonchev–Trinajstić information content (AvgIpc) is 2.82. The highest BCUT2D eigenvalue weighted by Gasteiger charge is 2.31. The van der Waals surface area contributed by atoms with Crippen molar-refractivity contribution in [1.29, 1.82) is 0 Å². The number of hydrogen-bond donors (Lipinski definition) is 0. The molecule has 102 valence electrons. The fourth-order valence-electron chi connectivity index (χ4n) is 2.09. The van der Waals surface area contributed by atoms with E-state index in [0.717, 1.165) is 28.3 Å². The van der Waals surface area contributed by atoms with E-state index in [0.29, 0.717) is 0 Å². The lowest BCUT2D eigenvalue weighted by atomic mass is 9.80. The highest BCUT2D eigenvalue weighted by molar-refractivity contribution is 9.09. The molecule has 0 saturated heterocycles. The van der Waals surface area contributed by atoms with Crippen LogP contribution in [-0.2, 0) is 18.9 Å². The second-order valence-corrected chi connectivity index (χ2v) is 5.83. The van der Waals surface area contributed by atoms with E-state index in [2.05, 4.69) is 37.0 Å². The summed E-state index contributed by atoms with van der Waals surface area (Å²) in [5.74, 6) is -0.209. The van der Waals surface area contributed by atoms with Crippen molar-refractivity contribution in [2.24, 2.45) is 7.05 Å². The van der Waals surface area contributed by atoms with Crippen LogP contribution in [0.1, 0.15) is 11.3 Å². The number of aryl methyl sites for hydroxylation is 1. The first kappa shape index (κ1) is 14.7. The summed E-state index contributed by atoms with van der Waals surface area (Å²) in [5, 5.41) is 6.01. The van der Waals surface area contributed by atoms with E-state index in [1.54, 1.807) is 4.68 Å². The second-order valence-electron chi connectivity index (χ2n) is 4.71. The quantitative estimate of drug-likeness (QED) is 0.710. The van der Waals surface area contributed by atoms with Crippen LogP contribution in [0.4, 0.5) is 4.39 Å². The highest BCUT2D eigenvalue weighted by Crippen LogP contribution is 2.32. The Morgan fingerprint density at radius 2 is 1.79 bits per heavy atom. The summed E-state index contributed by atoms with van der Waals surface area (Å²) in [5.41, 5.74) is 2.02. The van der Waals surface area contributed by atoms with Crippen LogP contribution < -0.4 is 0 Å². The molecule has 2 rings (SSSR count). The molecule has 2 nitrogen and oxygen atoms in total. The second kappa shape index (κ2) is 6.18. The van der Waals surface area contributed by atoms with Gasteiger partial charge in [0.2, 0.25) is 0 Å². The SMILES string of the molecule is Cn1ccc(CC(CBr)(CBr)c2ccc(F)cc2)n1. The molecule has 2 aromatic rings. The molecule has 0 unspecified atom stereocenters. The van der Waals surface area contributed by atoms with Gasteiger partial charge in [-0.3, -0.25) is 4.68 Å². The van der Waals surface area contributed by atoms with Crippen molar-refractivity contribution in [1.82, 2.24) is 9.78 Å². The van der Waals surface area contributed by atoms with Crippen molar-refractivity contribution in [2.45, 2.75) is 11.8 Å². The molecule has 0 saturated carbocycles. The van der Waals surface area contributed by atoms with Gasteiger partial charge in [0.25, 0.3) is 0 Å². The van der Waals surface area contributed by atoms with E-state index in [4.69, 9.17) is 0 Å². The van der Waals surface area contributed by atoms with Crippen molar-refractivity contribution in [2.75, 3.05) is 10.7 Å². The van der Waals surface area contributed by atoms with Gasteiger partial charge in [0.05, 0.1) is 5.69 Å². The largest absolute Gasteiger partial charge is 0.276 e. The number of nitrogens with zero attached hydrogens (tertiary/aromatic N) is 2. The summed E-state index contributed by atoms with van der Waals surface area (Å²) in [6.45, 7) is 0. The molecular weight excluding hydrogens is 375 g/mol. The van der Waals surface area contributed by atoms with E-state index in [-0.39, 0.29) is 11.2 Å². The molecule has 19 heavy (non-hydrogen) atoms. The third-order valence-electron chi connectivity index (χ3n) is 3.26. The first-order valence-electron chi connectivity index (χ1n) is 5.96. The van der Waals surface area contributed by atoms with Crippen molar-refractivity contribution < 1.29 is 4.39 Å². The predicted octanol–water partition coefficient (Wildman–Crippen LogP) is 3.83. The molecule has 0 bridgehead atoms. The lowest BCUT2D eigenvalue weighted by molar-refractivity contribution is 0.534. The van der Waals surface area contributed by atoms with Gasteiger partial charge in [0, 0.05) is 35.7 Å². The molecule has 0 aliphatic heterocycles. The standard InChI is InChI=1S/C14H15Br2FN2/c1-19-7-6-13(18-19)8-14(9-15,10-16)11-2-4-12(17)5-3-11/h2-7H,8-10H2,1H3. The monoisotopic (exact) mass is 388 g/mol. The summed E-state index contributed by atoms with van der Waals surface area (Å²) in [6.07, 6.45) is 2.74. The molecule has 0 spiro atoms. The number of aromatic nitrogens is 2. The molecule has 5 heteroatoms. The Bertz CT molecular complexity index is 533. The Balaban J connectivity index is 2.33. The number of alkyl halides is 2. The van der Waals surface area contributed by atoms with Crippen molar-refractivity contribution >= 4 is 31.9 Å². The molecule has 0 aliphatic carbocycles. The summed E-state index contributed by atoms with van der Waals surface area (Å²) < 4.78 is 14.9. The zero-order valence-corrected chi connectivity index (χ0v) is 13.8. The number of halogens is 3. The minimum absolute atomic E-state index is 0.123. The van der Waals surface area contributed by atoms with Gasteiger partial charge < -0.3 is 0 Å². The molecule has 0 fully saturated rings. The Hall–Kier alpha value is -0.680. The summed E-state index contributed by atoms with van der Waals surface area (Å²) >= 11 is 7.19. The molecule has 1 aromatic carbocycles. The molecule has 1 heterocycles. The van der Waals surface area contributed by atoms with Crippen LogP contribution in [-0.4, -0.2) is 20.4 Å². The molecular formula is C14H15Br2FN2. The maximum absolute atomic E-state index is 13.1. The van der Waals surface area contributed by atoms with Crippen LogP contribution in [0.3, 0.4) is 0 Å². The van der Waals surface area contributed by atoms with Crippen LogP contribution in [0.15, 0.2) is 36.5 Å². The molecule has 0 atom stereocenters. The average molecular weight is 390 g/mol. The van der Waals surface area contributed by atoms with E-state index >= 15 is 0 Å². The van der Waals surface area contributed by atoms with Gasteiger partial charge in [-0.05, 0) is 23.8 Å². The van der Waals surface area contributed by atoms with Gasteiger partial charge in [0.1, 0.15) is 5.82 Å². The Kier molecular flexibility index (Phi) is 4.79. The van der Waals surface area contributed by atoms with Gasteiger partial charge in [-0.15, -0.1) is 0 Å². The minimum Gasteiger partial charge on any atom is -0.276 e. The Labute approximate surface area is 129 Å². The van der Waals surface area contributed by atoms with Gasteiger partial charge in [-0.2, -0.15) is 5.10 Å². The number of rotatable bonds is 5. The van der Waals surface area contributed by atoms with Crippen molar-refractivity contribution in [3.05, 3.63) is 53.6 Å². The van der Waals surface area contributed by atoms with Crippen molar-refractivity contribution in [3.8, 4) is 0 Å². The normalized spacial score (nSPS) is 11.8. The van der Waals surface area contributed by atoms with Gasteiger partial charge in [0.15, 0.2) is 0 Å². The smallest absolute Gasteiger partial charge is 0.123 e. The van der Waals surface area contributed by atoms with Crippen LogP contribution in [0.5, 0.6) is 0 Å². The number of benzene rings is 1. The highest BCUT2D eigenvalue weighted by atomic mass is 79.9. The Morgan fingerprint density at radius 3 is 2.26 bits per heavy atom. The van der Waals surface area contributed by atoms with Crippen molar-refractivity contribution in [3.63, 3.8) is 0 Å². The fourth-order valence-corrected chi connectivity index (χ4v) is 4.07. The van der Waals surface area contributed by atoms with Crippen LogP contribution in [0, 0.1) is 5.82 Å². The summed E-state index contributed by atoms with van der Waals surface area (Å²) in [4.78, 5) is 0. The first-order valence-corrected chi connectivity index (χ1v) is 8.20. The van der Waals surface area contributed by atoms with Gasteiger partial charge in [-0.25, -0.2) is 4.39 Å². The van der Waals surface area contributed by atoms with E-state index in [9.17, 15) is 4.39 Å².